The topological polar surface area (TPSA) is 68.5 Å². The molecule has 1 aliphatic carbocycles. The van der Waals surface area contributed by atoms with Gasteiger partial charge in [0.2, 0.25) is 0 Å². The number of nitrogens with zero attached hydrogens (tertiary/aromatic N) is 5. The maximum absolute atomic E-state index is 13.4. The summed E-state index contributed by atoms with van der Waals surface area (Å²) in [6, 6.07) is 12.5. The average Bonchev–Trinajstić information content (AvgIpc) is 3.54. The van der Waals surface area contributed by atoms with Gasteiger partial charge < -0.3 is 0 Å². The molecule has 0 unspecified atom stereocenters. The van der Waals surface area contributed by atoms with E-state index in [1.165, 1.54) is 36.7 Å². The summed E-state index contributed by atoms with van der Waals surface area (Å²) >= 11 is 1.52. The highest BCUT2D eigenvalue weighted by molar-refractivity contribution is 7.99. The lowest BCUT2D eigenvalue weighted by atomic mass is 10.0. The molecule has 0 bridgehead atoms. The molecule has 0 amide bonds. The van der Waals surface area contributed by atoms with Crippen molar-refractivity contribution < 1.29 is 4.39 Å². The van der Waals surface area contributed by atoms with Crippen LogP contribution in [-0.4, -0.2) is 31.3 Å². The molecular formula is C23H19FN6S. The molecule has 3 aromatic heterocycles. The van der Waals surface area contributed by atoms with Crippen molar-refractivity contribution in [3.05, 3.63) is 72.4 Å². The molecule has 1 atom stereocenters. The first-order valence-corrected chi connectivity index (χ1v) is 11.1. The highest BCUT2D eigenvalue weighted by atomic mass is 32.2. The van der Waals surface area contributed by atoms with E-state index < -0.39 is 0 Å². The zero-order valence-corrected chi connectivity index (χ0v) is 17.4. The van der Waals surface area contributed by atoms with Crippen molar-refractivity contribution in [3.8, 4) is 22.5 Å². The fourth-order valence-electron chi connectivity index (χ4n) is 3.73. The summed E-state index contributed by atoms with van der Waals surface area (Å²) in [6.07, 6.45) is 7.73. The molecule has 4 aromatic rings. The van der Waals surface area contributed by atoms with Gasteiger partial charge in [0.25, 0.3) is 0 Å². The Morgan fingerprint density at radius 3 is 2.71 bits per heavy atom. The second-order valence-electron chi connectivity index (χ2n) is 7.89. The van der Waals surface area contributed by atoms with Crippen molar-refractivity contribution in [2.24, 2.45) is 5.92 Å². The van der Waals surface area contributed by atoms with E-state index >= 15 is 0 Å². The summed E-state index contributed by atoms with van der Waals surface area (Å²) in [5, 5.41) is 10.2. The molecule has 0 radical (unpaired) electrons. The van der Waals surface area contributed by atoms with E-state index in [0.29, 0.717) is 5.82 Å². The third-order valence-electron chi connectivity index (χ3n) is 5.60. The first-order valence-electron chi connectivity index (χ1n) is 10.3. The van der Waals surface area contributed by atoms with Crippen LogP contribution in [0.25, 0.3) is 22.5 Å². The van der Waals surface area contributed by atoms with Crippen LogP contribution in [-0.2, 0) is 0 Å². The molecule has 1 saturated carbocycles. The molecule has 8 heteroatoms. The minimum Gasteiger partial charge on any atom is -0.291 e. The van der Waals surface area contributed by atoms with Crippen molar-refractivity contribution >= 4 is 11.8 Å². The number of nitrogens with one attached hydrogen (secondary N) is 1. The Labute approximate surface area is 183 Å². The highest BCUT2D eigenvalue weighted by Crippen LogP contribution is 2.41. The summed E-state index contributed by atoms with van der Waals surface area (Å²) in [7, 11) is 0. The average molecular weight is 431 g/mol. The molecule has 0 spiro atoms. The lowest BCUT2D eigenvalue weighted by Gasteiger charge is -2.26. The van der Waals surface area contributed by atoms with Crippen LogP contribution in [0.4, 0.5) is 4.39 Å². The fraction of sp³-hybridized carbons (Fsp3) is 0.217. The second kappa shape index (κ2) is 7.55. The van der Waals surface area contributed by atoms with Gasteiger partial charge in [0, 0.05) is 41.8 Å². The van der Waals surface area contributed by atoms with Gasteiger partial charge in [-0.05, 0) is 66.4 Å². The summed E-state index contributed by atoms with van der Waals surface area (Å²) < 4.78 is 15.3. The zero-order chi connectivity index (χ0) is 20.8. The lowest BCUT2D eigenvalue weighted by Crippen LogP contribution is -2.33. The molecule has 1 aliphatic heterocycles. The predicted octanol–water partition coefficient (Wildman–Crippen LogP) is 4.55. The number of hydrogen-bond acceptors (Lipinski definition) is 6. The second-order valence-corrected chi connectivity index (χ2v) is 8.84. The van der Waals surface area contributed by atoms with Crippen molar-refractivity contribution in [2.75, 3.05) is 6.54 Å². The van der Waals surface area contributed by atoms with Crippen molar-refractivity contribution in [2.45, 2.75) is 29.2 Å². The monoisotopic (exact) mass is 430 g/mol. The van der Waals surface area contributed by atoms with Crippen molar-refractivity contribution in [1.82, 2.24) is 30.0 Å². The molecule has 154 valence electrons. The number of rotatable bonds is 5. The van der Waals surface area contributed by atoms with E-state index in [4.69, 9.17) is 15.1 Å². The SMILES string of the molecule is Fc1ccc(-c2cnc3c(c2)[C@H](NCC2CC2)n2nc(-c4cccnc4)nc2S3)cc1. The van der Waals surface area contributed by atoms with Gasteiger partial charge in [-0.25, -0.2) is 19.0 Å². The number of benzene rings is 1. The molecule has 31 heavy (non-hydrogen) atoms. The first-order chi connectivity index (χ1) is 15.2. The number of pyridine rings is 2. The van der Waals surface area contributed by atoms with Gasteiger partial charge in [0.1, 0.15) is 17.0 Å². The van der Waals surface area contributed by atoms with E-state index in [1.807, 2.05) is 23.0 Å². The van der Waals surface area contributed by atoms with Gasteiger partial charge in [-0.2, -0.15) is 0 Å². The molecule has 6 nitrogen and oxygen atoms in total. The number of aromatic nitrogens is 5. The van der Waals surface area contributed by atoms with Crippen molar-refractivity contribution in [3.63, 3.8) is 0 Å². The van der Waals surface area contributed by atoms with E-state index in [0.717, 1.165) is 44.9 Å². The smallest absolute Gasteiger partial charge is 0.194 e. The van der Waals surface area contributed by atoms with Crippen LogP contribution in [0.1, 0.15) is 24.6 Å². The van der Waals surface area contributed by atoms with Crippen LogP contribution in [0.15, 0.2) is 71.2 Å². The highest BCUT2D eigenvalue weighted by Gasteiger charge is 2.32. The third-order valence-corrected chi connectivity index (χ3v) is 6.60. The van der Waals surface area contributed by atoms with E-state index in [9.17, 15) is 4.39 Å². The predicted molar refractivity (Wildman–Crippen MR) is 116 cm³/mol. The van der Waals surface area contributed by atoms with Gasteiger partial charge in [-0.15, -0.1) is 5.10 Å². The minimum absolute atomic E-state index is 0.155. The molecular weight excluding hydrogens is 411 g/mol. The molecule has 1 aromatic carbocycles. The molecule has 0 saturated heterocycles. The van der Waals surface area contributed by atoms with E-state index in [2.05, 4.69) is 16.4 Å². The quantitative estimate of drug-likeness (QED) is 0.501. The Bertz CT molecular complexity index is 1240. The van der Waals surface area contributed by atoms with Crippen LogP contribution in [0.3, 0.4) is 0 Å². The molecule has 4 heterocycles. The molecule has 2 aliphatic rings. The Kier molecular flexibility index (Phi) is 4.54. The first kappa shape index (κ1) is 18.7. The van der Waals surface area contributed by atoms with E-state index in [1.54, 1.807) is 24.5 Å². The Balaban J connectivity index is 1.41. The maximum Gasteiger partial charge on any atom is 0.194 e. The number of fused-ring (bicyclic) bond motifs is 2. The normalized spacial score (nSPS) is 17.3. The molecule has 1 fully saturated rings. The Hall–Kier alpha value is -3.10. The molecule has 6 rings (SSSR count). The maximum atomic E-state index is 13.4. The van der Waals surface area contributed by atoms with Crippen LogP contribution < -0.4 is 5.32 Å². The van der Waals surface area contributed by atoms with Crippen LogP contribution in [0, 0.1) is 11.7 Å². The van der Waals surface area contributed by atoms with E-state index in [-0.39, 0.29) is 12.0 Å². The van der Waals surface area contributed by atoms with Gasteiger partial charge in [-0.3, -0.25) is 10.3 Å². The molecule has 1 N–H and O–H groups in total. The number of hydrogen-bond donors (Lipinski definition) is 1. The van der Waals surface area contributed by atoms with Gasteiger partial charge >= 0.3 is 0 Å². The van der Waals surface area contributed by atoms with Gasteiger partial charge in [-0.1, -0.05) is 12.1 Å². The Morgan fingerprint density at radius 2 is 1.94 bits per heavy atom. The summed E-state index contributed by atoms with van der Waals surface area (Å²) in [5.74, 6) is 1.13. The van der Waals surface area contributed by atoms with Crippen molar-refractivity contribution in [1.29, 1.82) is 0 Å². The fourth-order valence-corrected chi connectivity index (χ4v) is 4.67. The largest absolute Gasteiger partial charge is 0.291 e. The Morgan fingerprint density at radius 1 is 1.06 bits per heavy atom. The van der Waals surface area contributed by atoms with Crippen LogP contribution >= 0.6 is 11.8 Å². The van der Waals surface area contributed by atoms with Gasteiger partial charge in [0.15, 0.2) is 11.0 Å². The zero-order valence-electron chi connectivity index (χ0n) is 16.6. The van der Waals surface area contributed by atoms with Gasteiger partial charge in [0.05, 0.1) is 0 Å². The van der Waals surface area contributed by atoms with Crippen LogP contribution in [0.5, 0.6) is 0 Å². The lowest BCUT2D eigenvalue weighted by molar-refractivity contribution is 0.381. The third kappa shape index (κ3) is 3.62. The minimum atomic E-state index is -0.246. The summed E-state index contributed by atoms with van der Waals surface area (Å²) in [4.78, 5) is 13.7. The standard InChI is InChI=1S/C23H19FN6S/c24-18-7-5-15(6-8-18)17-10-19-21(26-11-14-3-4-14)30-23(31-22(19)27-13-17)28-20(29-30)16-2-1-9-25-12-16/h1-2,5-10,12-14,21,26H,3-4,11H2/t21-/m1/s1. The summed E-state index contributed by atoms with van der Waals surface area (Å²) in [5.41, 5.74) is 3.83. The number of halogens is 1. The summed E-state index contributed by atoms with van der Waals surface area (Å²) in [6.45, 7) is 0.928. The van der Waals surface area contributed by atoms with Crippen LogP contribution in [0.2, 0.25) is 0 Å².